The number of ether oxygens (including phenoxy) is 1. The summed E-state index contributed by atoms with van der Waals surface area (Å²) in [4.78, 5) is 26.6. The second-order valence-corrected chi connectivity index (χ2v) is 18.8. The number of para-hydroxylation sites is 2. The molecule has 2 aromatic carbocycles. The highest BCUT2D eigenvalue weighted by atomic mass is 35.5. The van der Waals surface area contributed by atoms with Gasteiger partial charge in [-0.1, -0.05) is 123 Å². The van der Waals surface area contributed by atoms with E-state index in [0.717, 1.165) is 25.0 Å². The van der Waals surface area contributed by atoms with Gasteiger partial charge in [0, 0.05) is 22.4 Å². The molecule has 0 spiro atoms. The molecule has 308 valence electrons. The number of benzene rings is 2. The topological polar surface area (TPSA) is 180 Å². The van der Waals surface area contributed by atoms with Crippen molar-refractivity contribution in [3.05, 3.63) is 64.6 Å². The molecule has 56 heavy (non-hydrogen) atoms. The van der Waals surface area contributed by atoms with E-state index in [2.05, 4.69) is 37.6 Å². The second-order valence-electron chi connectivity index (χ2n) is 16.6. The molecule has 0 radical (unpaired) electrons. The van der Waals surface area contributed by atoms with Crippen LogP contribution in [-0.4, -0.2) is 63.0 Å². The quantitative estimate of drug-likeness (QED) is 0.0518. The van der Waals surface area contributed by atoms with Crippen molar-refractivity contribution in [2.24, 2.45) is 0 Å². The van der Waals surface area contributed by atoms with E-state index < -0.39 is 38.5 Å². The molecule has 0 fully saturated rings. The fourth-order valence-electron chi connectivity index (χ4n) is 6.35. The maximum Gasteiger partial charge on any atom is 0.259 e. The fourth-order valence-corrected chi connectivity index (χ4v) is 7.97. The molecule has 2 aromatic heterocycles. The van der Waals surface area contributed by atoms with E-state index in [0.29, 0.717) is 22.9 Å². The van der Waals surface area contributed by atoms with Crippen molar-refractivity contribution in [3.63, 3.8) is 0 Å². The van der Waals surface area contributed by atoms with Gasteiger partial charge in [0.2, 0.25) is 10.0 Å². The number of halogens is 1. The Morgan fingerprint density at radius 1 is 0.893 bits per heavy atom. The zero-order valence-corrected chi connectivity index (χ0v) is 35.7. The molecule has 4 rings (SSSR count). The zero-order valence-electron chi connectivity index (χ0n) is 34.1. The van der Waals surface area contributed by atoms with Crippen molar-refractivity contribution in [1.29, 1.82) is 0 Å². The first-order valence-corrected chi connectivity index (χ1v) is 21.6. The molecule has 0 bridgehead atoms. The van der Waals surface area contributed by atoms with Crippen molar-refractivity contribution in [1.82, 2.24) is 25.1 Å². The Morgan fingerprint density at radius 2 is 1.52 bits per heavy atom. The summed E-state index contributed by atoms with van der Waals surface area (Å²) < 4.78 is 35.5. The molecule has 2 amide bonds. The van der Waals surface area contributed by atoms with Gasteiger partial charge in [-0.15, -0.1) is 10.2 Å². The number of H-pyrrole nitrogens is 1. The van der Waals surface area contributed by atoms with Crippen LogP contribution in [0.2, 0.25) is 5.02 Å². The average molecular weight is 814 g/mol. The number of rotatable bonds is 21. The molecule has 0 aliphatic rings. The number of unbranched alkanes of at least 4 members (excludes halogenated alkanes) is 9. The van der Waals surface area contributed by atoms with Gasteiger partial charge in [0.15, 0.2) is 18.1 Å². The molecule has 0 saturated carbocycles. The molecule has 0 unspecified atom stereocenters. The summed E-state index contributed by atoms with van der Waals surface area (Å²) in [5, 5.41) is 29.1. The number of carbonyl (C=O) groups is 2. The van der Waals surface area contributed by atoms with Gasteiger partial charge >= 0.3 is 0 Å². The summed E-state index contributed by atoms with van der Waals surface area (Å²) in [5.41, 5.74) is -0.133. The van der Waals surface area contributed by atoms with Crippen molar-refractivity contribution in [2.45, 2.75) is 136 Å². The standard InChI is InChI=1S/C41H60ClN7O6S/c1-9-10-11-12-13-14-15-16-17-20-25-56(53,54)48-28-23-24-29(31(50)26-28)37(52)43-30-21-18-19-22-32(30)55-27-33(51)44-41(7,8)40(5,6)38-46-45-36-34(42)35(39(2,3)4)47-49(36)38/h18-19,21-24,26,47-48,50H,9-17,20,25,27H2,1-8H3,(H,43,52)(H,44,51). The Morgan fingerprint density at radius 3 is 2.14 bits per heavy atom. The van der Waals surface area contributed by atoms with Crippen LogP contribution in [0.1, 0.15) is 141 Å². The van der Waals surface area contributed by atoms with E-state index in [-0.39, 0.29) is 40.5 Å². The summed E-state index contributed by atoms with van der Waals surface area (Å²) in [6, 6.07) is 10.6. The van der Waals surface area contributed by atoms with Gasteiger partial charge in [-0.05, 0) is 44.5 Å². The number of anilines is 2. The van der Waals surface area contributed by atoms with E-state index in [9.17, 15) is 23.1 Å². The van der Waals surface area contributed by atoms with Crippen LogP contribution in [0.15, 0.2) is 42.5 Å². The Bertz CT molecular complexity index is 2070. The zero-order chi connectivity index (χ0) is 41.3. The van der Waals surface area contributed by atoms with Crippen LogP contribution in [0.3, 0.4) is 0 Å². The molecule has 13 nitrogen and oxygen atoms in total. The highest BCUT2D eigenvalue weighted by Gasteiger charge is 2.44. The number of nitrogens with zero attached hydrogens (tertiary/aromatic N) is 3. The molecule has 0 atom stereocenters. The molecule has 0 saturated heterocycles. The van der Waals surface area contributed by atoms with Gasteiger partial charge < -0.3 is 20.5 Å². The first kappa shape index (κ1) is 44.4. The number of phenols is 1. The molecule has 15 heteroatoms. The first-order chi connectivity index (χ1) is 26.3. The van der Waals surface area contributed by atoms with Crippen molar-refractivity contribution in [2.75, 3.05) is 22.4 Å². The summed E-state index contributed by atoms with van der Waals surface area (Å²) in [6.07, 6.45) is 11.0. The number of carbonyl (C=O) groups excluding carboxylic acids is 2. The summed E-state index contributed by atoms with van der Waals surface area (Å²) in [7, 11) is -3.63. The van der Waals surface area contributed by atoms with Crippen LogP contribution >= 0.6 is 11.6 Å². The van der Waals surface area contributed by atoms with Crippen LogP contribution < -0.4 is 20.1 Å². The molecule has 2 heterocycles. The third-order valence-corrected chi connectivity index (χ3v) is 12.1. The van der Waals surface area contributed by atoms with E-state index in [1.807, 2.05) is 48.5 Å². The molecule has 5 N–H and O–H groups in total. The van der Waals surface area contributed by atoms with E-state index in [1.165, 1.54) is 56.7 Å². The summed E-state index contributed by atoms with van der Waals surface area (Å²) >= 11 is 6.65. The number of aromatic hydroxyl groups is 1. The van der Waals surface area contributed by atoms with Gasteiger partial charge in [-0.3, -0.25) is 19.4 Å². The number of nitrogens with one attached hydrogen (secondary N) is 4. The Labute approximate surface area is 336 Å². The minimum absolute atomic E-state index is 0.0246. The van der Waals surface area contributed by atoms with Gasteiger partial charge in [0.1, 0.15) is 16.5 Å². The number of aromatic nitrogens is 4. The molecular formula is C41H60ClN7O6S. The number of hydrogen-bond donors (Lipinski definition) is 5. The van der Waals surface area contributed by atoms with Gasteiger partial charge in [0.25, 0.3) is 11.8 Å². The Balaban J connectivity index is 1.31. The van der Waals surface area contributed by atoms with E-state index in [4.69, 9.17) is 16.3 Å². The smallest absolute Gasteiger partial charge is 0.259 e. The van der Waals surface area contributed by atoms with Crippen LogP contribution in [0.25, 0.3) is 5.65 Å². The lowest BCUT2D eigenvalue weighted by atomic mass is 9.73. The predicted octanol–water partition coefficient (Wildman–Crippen LogP) is 8.88. The molecule has 0 aliphatic carbocycles. The molecule has 4 aromatic rings. The molecule has 0 aliphatic heterocycles. The predicted molar refractivity (Wildman–Crippen MR) is 224 cm³/mol. The van der Waals surface area contributed by atoms with Crippen LogP contribution in [-0.2, 0) is 25.6 Å². The highest BCUT2D eigenvalue weighted by molar-refractivity contribution is 7.92. The van der Waals surface area contributed by atoms with Gasteiger partial charge in [-0.2, -0.15) is 0 Å². The number of amides is 2. The minimum atomic E-state index is -3.63. The number of phenolic OH excluding ortho intramolecular Hbond substituents is 1. The average Bonchev–Trinajstić information content (AvgIpc) is 3.68. The second kappa shape index (κ2) is 18.8. The van der Waals surface area contributed by atoms with Crippen molar-refractivity contribution in [3.8, 4) is 11.5 Å². The first-order valence-electron chi connectivity index (χ1n) is 19.6. The number of aromatic amines is 1. The summed E-state index contributed by atoms with van der Waals surface area (Å²) in [6.45, 7) is 15.7. The van der Waals surface area contributed by atoms with Gasteiger partial charge in [0.05, 0.1) is 28.4 Å². The van der Waals surface area contributed by atoms with Crippen molar-refractivity contribution < 1.29 is 27.9 Å². The maximum absolute atomic E-state index is 13.3. The van der Waals surface area contributed by atoms with Crippen LogP contribution in [0, 0.1) is 0 Å². The monoisotopic (exact) mass is 813 g/mol. The van der Waals surface area contributed by atoms with Crippen LogP contribution in [0.5, 0.6) is 11.5 Å². The lowest BCUT2D eigenvalue weighted by molar-refractivity contribution is -0.125. The van der Waals surface area contributed by atoms with Crippen LogP contribution in [0.4, 0.5) is 11.4 Å². The number of hydrogen-bond acceptors (Lipinski definition) is 8. The lowest BCUT2D eigenvalue weighted by Gasteiger charge is -2.40. The number of fused-ring (bicyclic) bond motifs is 1. The normalized spacial score (nSPS) is 12.5. The largest absolute Gasteiger partial charge is 0.507 e. The minimum Gasteiger partial charge on any atom is -0.507 e. The SMILES string of the molecule is CCCCCCCCCCCCS(=O)(=O)Nc1ccc(C(=O)Nc2ccccc2OCC(=O)NC(C)(C)C(C)(C)c2nnc3c(Cl)c(C(C)(C)C)[nH]n23)c(O)c1. The van der Waals surface area contributed by atoms with Crippen molar-refractivity contribution >= 4 is 50.5 Å². The maximum atomic E-state index is 13.3. The Hall–Kier alpha value is -4.30. The van der Waals surface area contributed by atoms with Gasteiger partial charge in [-0.25, -0.2) is 12.9 Å². The third-order valence-electron chi connectivity index (χ3n) is 10.4. The summed E-state index contributed by atoms with van der Waals surface area (Å²) in [5.74, 6) is -0.659. The Kier molecular flexibility index (Phi) is 14.9. The highest BCUT2D eigenvalue weighted by Crippen LogP contribution is 2.37. The molecular weight excluding hydrogens is 754 g/mol. The van der Waals surface area contributed by atoms with E-state index >= 15 is 0 Å². The third kappa shape index (κ3) is 11.4. The van der Waals surface area contributed by atoms with E-state index in [1.54, 1.807) is 28.8 Å². The fraction of sp³-hybridized carbons (Fsp3) is 0.561. The lowest BCUT2D eigenvalue weighted by Crippen LogP contribution is -2.57. The number of sulfonamides is 1.